The van der Waals surface area contributed by atoms with E-state index in [-0.39, 0.29) is 56.7 Å². The standard InChI is InChI=1S/C39H40N4O8/c1-7-12-48-34-21(3)35-37(51-19-50-35)31-25(34)15-27-32-30-22(13-20(2)33(47-6)36(30)49-18-46-5)14-26(41(32)4)28(16-40)43(27)29(31)17-42-38(44)23-10-8-9-11-24(23)39(42)45/h7-11,13,26-29,32H,1,12,14-15,17-19H2,2-6H3/t26-,27?,28?,29?,32-/m0/s1. The summed E-state index contributed by atoms with van der Waals surface area (Å²) in [6, 6.07) is 9.60. The second-order valence-corrected chi connectivity index (χ2v) is 13.6. The monoisotopic (exact) mass is 692 g/mol. The van der Waals surface area contributed by atoms with Gasteiger partial charge in [0.05, 0.1) is 36.4 Å². The smallest absolute Gasteiger partial charge is 0.261 e. The van der Waals surface area contributed by atoms with E-state index in [9.17, 15) is 14.9 Å². The fourth-order valence-electron chi connectivity index (χ4n) is 9.16. The Kier molecular flexibility index (Phi) is 8.17. The Morgan fingerprint density at radius 3 is 2.37 bits per heavy atom. The minimum atomic E-state index is -0.635. The maximum absolute atomic E-state index is 13.9. The SMILES string of the molecule is C=CCOc1c(C)c2c(c3c1CC1[C@H]4c5c(cc(C)c(OC)c5OCOC)C[C@@H](C(C#N)N1C3CN1C(=O)c3ccccc3C1=O)N4C)OCO2. The summed E-state index contributed by atoms with van der Waals surface area (Å²) in [4.78, 5) is 33.7. The Hall–Kier alpha value is -5.09. The summed E-state index contributed by atoms with van der Waals surface area (Å²) >= 11 is 0. The van der Waals surface area contributed by atoms with Crippen molar-refractivity contribution < 1.29 is 38.0 Å². The van der Waals surface area contributed by atoms with Gasteiger partial charge in [-0.15, -0.1) is 0 Å². The third-order valence-electron chi connectivity index (χ3n) is 11.1. The minimum absolute atomic E-state index is 0.00590. The molecule has 51 heavy (non-hydrogen) atoms. The number of likely N-dealkylation sites (N-methyl/N-ethyl adjacent to an activating group) is 1. The van der Waals surface area contributed by atoms with E-state index in [0.717, 1.165) is 33.4 Å². The van der Waals surface area contributed by atoms with E-state index in [1.807, 2.05) is 13.8 Å². The second-order valence-electron chi connectivity index (χ2n) is 13.6. The maximum Gasteiger partial charge on any atom is 0.261 e. The summed E-state index contributed by atoms with van der Waals surface area (Å²) in [7, 11) is 5.27. The number of fused-ring (bicyclic) bond motifs is 10. The molecule has 3 unspecified atom stereocenters. The van der Waals surface area contributed by atoms with Gasteiger partial charge in [-0.3, -0.25) is 24.3 Å². The molecule has 2 bridgehead atoms. The first kappa shape index (κ1) is 33.1. The molecule has 12 heteroatoms. The number of imide groups is 1. The number of nitriles is 1. The van der Waals surface area contributed by atoms with E-state index in [1.165, 1.54) is 4.90 Å². The Balaban J connectivity index is 1.37. The van der Waals surface area contributed by atoms with Gasteiger partial charge < -0.3 is 28.4 Å². The van der Waals surface area contributed by atoms with E-state index in [1.54, 1.807) is 44.6 Å². The molecule has 0 radical (unpaired) electrons. The number of carbonyl (C=O) groups excluding carboxylic acids is 2. The molecule has 5 aliphatic rings. The van der Waals surface area contributed by atoms with Crippen LogP contribution in [0.3, 0.4) is 0 Å². The van der Waals surface area contributed by atoms with Crippen LogP contribution in [0.4, 0.5) is 0 Å². The molecule has 3 aromatic carbocycles. The van der Waals surface area contributed by atoms with Crippen LogP contribution in [0.15, 0.2) is 43.0 Å². The van der Waals surface area contributed by atoms with Gasteiger partial charge in [0, 0.05) is 48.0 Å². The zero-order valence-corrected chi connectivity index (χ0v) is 29.4. The highest BCUT2D eigenvalue weighted by molar-refractivity contribution is 6.21. The van der Waals surface area contributed by atoms with Crippen molar-refractivity contribution >= 4 is 11.8 Å². The zero-order valence-electron chi connectivity index (χ0n) is 29.4. The molecule has 0 N–H and O–H groups in total. The summed E-state index contributed by atoms with van der Waals surface area (Å²) in [6.45, 7) is 8.10. The highest BCUT2D eigenvalue weighted by Gasteiger charge is 2.57. The normalized spacial score (nSPS) is 24.3. The number of carbonyl (C=O) groups is 2. The lowest BCUT2D eigenvalue weighted by atomic mass is 9.71. The van der Waals surface area contributed by atoms with Gasteiger partial charge in [0.2, 0.25) is 6.79 Å². The summed E-state index contributed by atoms with van der Waals surface area (Å²) < 4.78 is 36.3. The molecule has 2 amide bonds. The van der Waals surface area contributed by atoms with Crippen LogP contribution < -0.4 is 23.7 Å². The van der Waals surface area contributed by atoms with E-state index in [2.05, 4.69) is 35.6 Å². The van der Waals surface area contributed by atoms with Crippen LogP contribution in [-0.4, -0.2) is 92.6 Å². The van der Waals surface area contributed by atoms with Crippen molar-refractivity contribution in [2.45, 2.75) is 56.9 Å². The first-order valence-electron chi connectivity index (χ1n) is 17.1. The van der Waals surface area contributed by atoms with Crippen LogP contribution in [0.2, 0.25) is 0 Å². The number of hydrogen-bond acceptors (Lipinski definition) is 11. The molecule has 1 saturated heterocycles. The van der Waals surface area contributed by atoms with Crippen molar-refractivity contribution in [1.29, 1.82) is 5.26 Å². The summed E-state index contributed by atoms with van der Waals surface area (Å²) in [6.07, 6.45) is 2.74. The number of benzene rings is 3. The molecule has 0 aliphatic carbocycles. The fourth-order valence-corrected chi connectivity index (χ4v) is 9.16. The number of methoxy groups -OCH3 is 2. The maximum atomic E-state index is 13.9. The van der Waals surface area contributed by atoms with Crippen LogP contribution in [-0.2, 0) is 17.6 Å². The highest BCUT2D eigenvalue weighted by atomic mass is 16.7. The highest BCUT2D eigenvalue weighted by Crippen LogP contribution is 2.59. The van der Waals surface area contributed by atoms with Crippen LogP contribution in [0.1, 0.15) is 66.2 Å². The third-order valence-corrected chi connectivity index (χ3v) is 11.1. The van der Waals surface area contributed by atoms with Crippen LogP contribution >= 0.6 is 0 Å². The van der Waals surface area contributed by atoms with Gasteiger partial charge in [-0.05, 0) is 57.0 Å². The Bertz CT molecular complexity index is 1990. The first-order valence-corrected chi connectivity index (χ1v) is 17.1. The molecule has 264 valence electrons. The van der Waals surface area contributed by atoms with Crippen molar-refractivity contribution in [2.24, 2.45) is 0 Å². The van der Waals surface area contributed by atoms with Gasteiger partial charge in [0.1, 0.15) is 18.4 Å². The first-order chi connectivity index (χ1) is 24.7. The Morgan fingerprint density at radius 2 is 1.71 bits per heavy atom. The molecule has 5 atom stereocenters. The third kappa shape index (κ3) is 4.75. The van der Waals surface area contributed by atoms with Gasteiger partial charge in [-0.2, -0.15) is 5.26 Å². The largest absolute Gasteiger partial charge is 0.493 e. The summed E-state index contributed by atoms with van der Waals surface area (Å²) in [5, 5.41) is 11.1. The number of piperazine rings is 1. The number of ether oxygens (including phenoxy) is 6. The van der Waals surface area contributed by atoms with Gasteiger partial charge in [-0.25, -0.2) is 0 Å². The average molecular weight is 693 g/mol. The van der Waals surface area contributed by atoms with Crippen LogP contribution in [0, 0.1) is 25.2 Å². The van der Waals surface area contributed by atoms with Crippen LogP contribution in [0.5, 0.6) is 28.7 Å². The molecule has 8 rings (SSSR count). The van der Waals surface area contributed by atoms with Crippen molar-refractivity contribution in [3.63, 3.8) is 0 Å². The van der Waals surface area contributed by atoms with Crippen molar-refractivity contribution in [1.82, 2.24) is 14.7 Å². The molecule has 0 aromatic heterocycles. The number of aryl methyl sites for hydroxylation is 1. The molecule has 3 aromatic rings. The minimum Gasteiger partial charge on any atom is -0.493 e. The molecule has 12 nitrogen and oxygen atoms in total. The van der Waals surface area contributed by atoms with E-state index < -0.39 is 12.1 Å². The molecule has 5 aliphatic heterocycles. The lowest BCUT2D eigenvalue weighted by Crippen LogP contribution is -2.69. The van der Waals surface area contributed by atoms with Gasteiger partial charge >= 0.3 is 0 Å². The number of hydrogen-bond donors (Lipinski definition) is 0. The quantitative estimate of drug-likeness (QED) is 0.177. The predicted molar refractivity (Wildman–Crippen MR) is 185 cm³/mol. The van der Waals surface area contributed by atoms with Crippen molar-refractivity contribution in [3.05, 3.63) is 87.5 Å². The van der Waals surface area contributed by atoms with E-state index in [4.69, 9.17) is 28.4 Å². The van der Waals surface area contributed by atoms with Gasteiger partial charge in [0.15, 0.2) is 29.8 Å². The molecule has 0 saturated carbocycles. The summed E-state index contributed by atoms with van der Waals surface area (Å²) in [5.41, 5.74) is 6.14. The zero-order chi connectivity index (χ0) is 35.7. The molecule has 5 heterocycles. The number of nitrogens with zero attached hydrogens (tertiary/aromatic N) is 4. The van der Waals surface area contributed by atoms with Crippen LogP contribution in [0.25, 0.3) is 0 Å². The second kappa shape index (κ2) is 12.6. The van der Waals surface area contributed by atoms with Crippen molar-refractivity contribution in [2.75, 3.05) is 48.0 Å². The number of rotatable bonds is 9. The molecular formula is C39H40N4O8. The summed E-state index contributed by atoms with van der Waals surface area (Å²) in [5.74, 6) is 2.25. The van der Waals surface area contributed by atoms with Crippen molar-refractivity contribution in [3.8, 4) is 34.8 Å². The lowest BCUT2D eigenvalue weighted by molar-refractivity contribution is -0.0766. The number of amides is 2. The van der Waals surface area contributed by atoms with E-state index >= 15 is 0 Å². The fraction of sp³-hybridized carbons (Fsp3) is 0.410. The van der Waals surface area contributed by atoms with E-state index in [0.29, 0.717) is 52.7 Å². The predicted octanol–water partition coefficient (Wildman–Crippen LogP) is 4.66. The molecule has 1 fully saturated rings. The van der Waals surface area contributed by atoms with Gasteiger partial charge in [0.25, 0.3) is 11.8 Å². The topological polar surface area (TPSA) is 123 Å². The van der Waals surface area contributed by atoms with Gasteiger partial charge in [-0.1, -0.05) is 30.9 Å². The molecular weight excluding hydrogens is 652 g/mol. The Morgan fingerprint density at radius 1 is 0.980 bits per heavy atom. The lowest BCUT2D eigenvalue weighted by Gasteiger charge is -2.60. The average Bonchev–Trinajstić information content (AvgIpc) is 3.71. The Labute approximate surface area is 296 Å². The molecule has 0 spiro atoms.